The Morgan fingerprint density at radius 2 is 2.05 bits per heavy atom. The number of fused-ring (bicyclic) bond motifs is 1. The number of rotatable bonds is 2. The Morgan fingerprint density at radius 3 is 2.86 bits per heavy atom. The second-order valence-electron chi connectivity index (χ2n) is 4.94. The van der Waals surface area contributed by atoms with Gasteiger partial charge in [0.05, 0.1) is 17.2 Å². The maximum absolute atomic E-state index is 12.3. The molecule has 1 atom stereocenters. The zero-order valence-corrected chi connectivity index (χ0v) is 11.6. The summed E-state index contributed by atoms with van der Waals surface area (Å²) in [5.41, 5.74) is 2.24. The molecule has 1 aliphatic heterocycles. The van der Waals surface area contributed by atoms with Gasteiger partial charge in [-0.3, -0.25) is 4.79 Å². The molecule has 22 heavy (non-hydrogen) atoms. The van der Waals surface area contributed by atoms with Crippen molar-refractivity contribution in [2.24, 2.45) is 0 Å². The molecule has 0 aliphatic carbocycles. The van der Waals surface area contributed by atoms with Crippen LogP contribution in [0.3, 0.4) is 0 Å². The summed E-state index contributed by atoms with van der Waals surface area (Å²) in [6, 6.07) is 15.6. The molecule has 0 bridgehead atoms. The predicted octanol–water partition coefficient (Wildman–Crippen LogP) is 2.28. The van der Waals surface area contributed by atoms with Crippen molar-refractivity contribution in [1.82, 2.24) is 0 Å². The molecule has 2 aromatic carbocycles. The van der Waals surface area contributed by atoms with Gasteiger partial charge in [-0.25, -0.2) is 4.79 Å². The van der Waals surface area contributed by atoms with E-state index in [0.29, 0.717) is 23.2 Å². The zero-order chi connectivity index (χ0) is 15.5. The van der Waals surface area contributed by atoms with Crippen molar-refractivity contribution in [3.8, 4) is 6.07 Å². The van der Waals surface area contributed by atoms with Gasteiger partial charge in [0.2, 0.25) is 0 Å². The van der Waals surface area contributed by atoms with E-state index >= 15 is 0 Å². The third kappa shape index (κ3) is 2.67. The zero-order valence-electron chi connectivity index (χ0n) is 11.6. The third-order valence-corrected chi connectivity index (χ3v) is 3.44. The lowest BCUT2D eigenvalue weighted by Crippen LogP contribution is -2.37. The van der Waals surface area contributed by atoms with Gasteiger partial charge >= 0.3 is 5.97 Å². The number of amides is 1. The minimum absolute atomic E-state index is 0.339. The minimum atomic E-state index is -0.867. The van der Waals surface area contributed by atoms with E-state index in [9.17, 15) is 9.59 Å². The van der Waals surface area contributed by atoms with Gasteiger partial charge in [0.1, 0.15) is 0 Å². The number of carbonyl (C=O) groups excluding carboxylic acids is 2. The van der Waals surface area contributed by atoms with Crippen molar-refractivity contribution in [2.75, 3.05) is 5.32 Å². The number of esters is 1. The van der Waals surface area contributed by atoms with Gasteiger partial charge in [-0.2, -0.15) is 5.26 Å². The van der Waals surface area contributed by atoms with E-state index in [1.807, 2.05) is 18.2 Å². The van der Waals surface area contributed by atoms with E-state index in [2.05, 4.69) is 5.32 Å². The van der Waals surface area contributed by atoms with Crippen LogP contribution in [0.1, 0.15) is 21.5 Å². The van der Waals surface area contributed by atoms with Gasteiger partial charge in [0.15, 0.2) is 6.10 Å². The van der Waals surface area contributed by atoms with Crippen LogP contribution in [0.15, 0.2) is 48.5 Å². The normalized spacial score (nSPS) is 16.1. The second kappa shape index (κ2) is 5.70. The number of hydrogen-bond donors (Lipinski definition) is 1. The molecule has 108 valence electrons. The van der Waals surface area contributed by atoms with Crippen molar-refractivity contribution in [3.05, 3.63) is 65.2 Å². The summed E-state index contributed by atoms with van der Waals surface area (Å²) in [7, 11) is 0. The lowest BCUT2D eigenvalue weighted by Gasteiger charge is -2.23. The fraction of sp³-hybridized carbons (Fsp3) is 0.118. The maximum Gasteiger partial charge on any atom is 0.339 e. The first-order valence-electron chi connectivity index (χ1n) is 6.77. The summed E-state index contributed by atoms with van der Waals surface area (Å²) in [5.74, 6) is -0.897. The van der Waals surface area contributed by atoms with Crippen LogP contribution in [-0.4, -0.2) is 18.0 Å². The average molecular weight is 292 g/mol. The van der Waals surface area contributed by atoms with Crippen molar-refractivity contribution >= 4 is 17.6 Å². The van der Waals surface area contributed by atoms with E-state index in [0.717, 1.165) is 5.56 Å². The molecule has 0 saturated carbocycles. The van der Waals surface area contributed by atoms with Gasteiger partial charge < -0.3 is 10.1 Å². The molecule has 0 fully saturated rings. The Bertz CT molecular complexity index is 792. The molecular formula is C17H12N2O3. The average Bonchev–Trinajstić information content (AvgIpc) is 2.55. The summed E-state index contributed by atoms with van der Waals surface area (Å²) < 4.78 is 5.19. The number of nitrogens with zero attached hydrogens (tertiary/aromatic N) is 1. The molecule has 5 nitrogen and oxygen atoms in total. The van der Waals surface area contributed by atoms with Crippen LogP contribution in [0.5, 0.6) is 0 Å². The highest BCUT2D eigenvalue weighted by atomic mass is 16.5. The molecule has 1 aliphatic rings. The van der Waals surface area contributed by atoms with Crippen LogP contribution in [0, 0.1) is 11.3 Å². The molecule has 1 heterocycles. The Labute approximate surface area is 127 Å². The number of anilines is 1. The molecule has 3 rings (SSSR count). The fourth-order valence-corrected chi connectivity index (χ4v) is 2.37. The van der Waals surface area contributed by atoms with Gasteiger partial charge in [-0.15, -0.1) is 0 Å². The van der Waals surface area contributed by atoms with Crippen molar-refractivity contribution in [1.29, 1.82) is 5.26 Å². The number of carbonyl (C=O) groups is 2. The predicted molar refractivity (Wildman–Crippen MR) is 79.1 cm³/mol. The number of nitrogens with one attached hydrogen (secondary N) is 1. The molecule has 0 radical (unpaired) electrons. The number of cyclic esters (lactones) is 1. The molecule has 0 aromatic heterocycles. The Hall–Kier alpha value is -3.13. The molecule has 2 aromatic rings. The van der Waals surface area contributed by atoms with Crippen LogP contribution in [-0.2, 0) is 16.0 Å². The highest BCUT2D eigenvalue weighted by Gasteiger charge is 2.31. The number of nitriles is 1. The molecule has 5 heteroatoms. The van der Waals surface area contributed by atoms with Gasteiger partial charge in [-0.1, -0.05) is 24.3 Å². The highest BCUT2D eigenvalue weighted by molar-refractivity contribution is 6.00. The van der Waals surface area contributed by atoms with Crippen LogP contribution in [0.25, 0.3) is 0 Å². The first kappa shape index (κ1) is 13.8. The first-order valence-corrected chi connectivity index (χ1v) is 6.77. The SMILES string of the molecule is N#Cc1cccc(NC(=O)C2Cc3ccccc3C(=O)O2)c1. The largest absolute Gasteiger partial charge is 0.448 e. The van der Waals surface area contributed by atoms with Gasteiger partial charge in [0, 0.05) is 12.1 Å². The smallest absolute Gasteiger partial charge is 0.339 e. The standard InChI is InChI=1S/C17H12N2O3/c18-10-11-4-3-6-13(8-11)19-16(20)15-9-12-5-1-2-7-14(12)17(21)22-15/h1-8,15H,9H2,(H,19,20). The fourth-order valence-electron chi connectivity index (χ4n) is 2.37. The molecule has 1 amide bonds. The number of hydrogen-bond acceptors (Lipinski definition) is 4. The Kier molecular flexibility index (Phi) is 3.58. The summed E-state index contributed by atoms with van der Waals surface area (Å²) >= 11 is 0. The van der Waals surface area contributed by atoms with Crippen molar-refractivity contribution in [3.63, 3.8) is 0 Å². The number of ether oxygens (including phenoxy) is 1. The van der Waals surface area contributed by atoms with Crippen molar-refractivity contribution in [2.45, 2.75) is 12.5 Å². The topological polar surface area (TPSA) is 79.2 Å². The monoisotopic (exact) mass is 292 g/mol. The Balaban J connectivity index is 1.77. The van der Waals surface area contributed by atoms with E-state index in [-0.39, 0.29) is 0 Å². The van der Waals surface area contributed by atoms with Crippen LogP contribution >= 0.6 is 0 Å². The lowest BCUT2D eigenvalue weighted by atomic mass is 9.98. The summed E-state index contributed by atoms with van der Waals surface area (Å²) in [6.45, 7) is 0. The quantitative estimate of drug-likeness (QED) is 0.861. The van der Waals surface area contributed by atoms with Crippen LogP contribution in [0.2, 0.25) is 0 Å². The Morgan fingerprint density at radius 1 is 1.23 bits per heavy atom. The minimum Gasteiger partial charge on any atom is -0.448 e. The summed E-state index contributed by atoms with van der Waals surface area (Å²) in [6.07, 6.45) is -0.528. The highest BCUT2D eigenvalue weighted by Crippen LogP contribution is 2.21. The third-order valence-electron chi connectivity index (χ3n) is 3.44. The van der Waals surface area contributed by atoms with E-state index in [1.54, 1.807) is 36.4 Å². The molecule has 1 N–H and O–H groups in total. The summed E-state index contributed by atoms with van der Waals surface area (Å²) in [4.78, 5) is 24.2. The van der Waals surface area contributed by atoms with Gasteiger partial charge in [-0.05, 0) is 29.8 Å². The van der Waals surface area contributed by atoms with Crippen LogP contribution < -0.4 is 5.32 Å². The van der Waals surface area contributed by atoms with E-state index in [4.69, 9.17) is 10.00 Å². The van der Waals surface area contributed by atoms with Gasteiger partial charge in [0.25, 0.3) is 5.91 Å². The first-order chi connectivity index (χ1) is 10.7. The molecule has 0 spiro atoms. The molecule has 1 unspecified atom stereocenters. The van der Waals surface area contributed by atoms with E-state index < -0.39 is 18.0 Å². The van der Waals surface area contributed by atoms with Crippen molar-refractivity contribution < 1.29 is 14.3 Å². The molecule has 0 saturated heterocycles. The molecular weight excluding hydrogens is 280 g/mol. The number of benzene rings is 2. The lowest BCUT2D eigenvalue weighted by molar-refractivity contribution is -0.125. The summed E-state index contributed by atoms with van der Waals surface area (Å²) in [5, 5.41) is 11.5. The van der Waals surface area contributed by atoms with Crippen LogP contribution in [0.4, 0.5) is 5.69 Å². The second-order valence-corrected chi connectivity index (χ2v) is 4.94. The maximum atomic E-state index is 12.3. The van der Waals surface area contributed by atoms with E-state index in [1.165, 1.54) is 0 Å².